The van der Waals surface area contributed by atoms with Crippen LogP contribution in [0.1, 0.15) is 54.9 Å². The molecule has 1 amide bonds. The molecule has 6 nitrogen and oxygen atoms in total. The molecule has 6 unspecified atom stereocenters. The number of hydrogen-bond donors (Lipinski definition) is 1. The maximum atomic E-state index is 12.0. The summed E-state index contributed by atoms with van der Waals surface area (Å²) in [5, 5.41) is 2.65. The largest absolute Gasteiger partial charge is 0.441 e. The summed E-state index contributed by atoms with van der Waals surface area (Å²) in [5.41, 5.74) is 1.02. The molecular weight excluding hydrogens is 378 g/mol. The number of carbonyl (C=O) groups excluding carboxylic acids is 2. The average molecular weight is 418 g/mol. The third-order valence-electron chi connectivity index (χ3n) is 6.04. The number of carbonyl (C=O) groups is 2. The van der Waals surface area contributed by atoms with Gasteiger partial charge in [-0.3, -0.25) is 9.59 Å². The standard InChI is InChI=1S/C19H39NO5Si2/c1-11(2)13(5)26(8)24-17(25-27(9)14(6)12(3)4)10-16-18(22)20-19(16)23-15(7)21/h11-14,16-17,19,26-27H,10H2,1-9H3,(H,20,22). The van der Waals surface area contributed by atoms with E-state index in [0.29, 0.717) is 29.3 Å². The molecule has 6 atom stereocenters. The summed E-state index contributed by atoms with van der Waals surface area (Å²) in [6, 6.07) is 0. The minimum atomic E-state index is -1.48. The van der Waals surface area contributed by atoms with Crippen molar-refractivity contribution >= 4 is 30.0 Å². The molecule has 1 saturated heterocycles. The quantitative estimate of drug-likeness (QED) is 0.242. The predicted octanol–water partition coefficient (Wildman–Crippen LogP) is 3.17. The Balaban J connectivity index is 2.83. The summed E-state index contributed by atoms with van der Waals surface area (Å²) in [6.07, 6.45) is -0.526. The second-order valence-electron chi connectivity index (χ2n) is 8.70. The molecule has 8 heteroatoms. The van der Waals surface area contributed by atoms with E-state index in [-0.39, 0.29) is 5.91 Å². The van der Waals surface area contributed by atoms with Crippen LogP contribution in [0.2, 0.25) is 24.2 Å². The Morgan fingerprint density at radius 3 is 1.78 bits per heavy atom. The first kappa shape index (κ1) is 24.3. The normalized spacial score (nSPS) is 25.4. The van der Waals surface area contributed by atoms with Gasteiger partial charge in [0.15, 0.2) is 24.3 Å². The molecular formula is C19H39NO5Si2. The Morgan fingerprint density at radius 2 is 1.44 bits per heavy atom. The Kier molecular flexibility index (Phi) is 9.67. The van der Waals surface area contributed by atoms with Crippen LogP contribution in [0.15, 0.2) is 0 Å². The molecule has 0 aromatic heterocycles. The topological polar surface area (TPSA) is 73.9 Å². The molecule has 0 radical (unpaired) electrons. The van der Waals surface area contributed by atoms with Gasteiger partial charge in [0.2, 0.25) is 5.91 Å². The van der Waals surface area contributed by atoms with E-state index in [1.165, 1.54) is 6.92 Å². The Morgan fingerprint density at radius 1 is 1.00 bits per heavy atom. The predicted molar refractivity (Wildman–Crippen MR) is 112 cm³/mol. The Hall–Kier alpha value is -0.706. The highest BCUT2D eigenvalue weighted by molar-refractivity contribution is 6.53. The van der Waals surface area contributed by atoms with E-state index in [9.17, 15) is 9.59 Å². The molecule has 27 heavy (non-hydrogen) atoms. The lowest BCUT2D eigenvalue weighted by Gasteiger charge is -2.39. The van der Waals surface area contributed by atoms with E-state index in [1.54, 1.807) is 0 Å². The van der Waals surface area contributed by atoms with Gasteiger partial charge in [0, 0.05) is 13.3 Å². The van der Waals surface area contributed by atoms with Gasteiger partial charge < -0.3 is 18.9 Å². The second kappa shape index (κ2) is 10.7. The van der Waals surface area contributed by atoms with Gasteiger partial charge in [-0.25, -0.2) is 0 Å². The fourth-order valence-electron chi connectivity index (χ4n) is 3.07. The fraction of sp³-hybridized carbons (Fsp3) is 0.895. The number of ether oxygens (including phenoxy) is 1. The van der Waals surface area contributed by atoms with E-state index in [1.807, 2.05) is 0 Å². The van der Waals surface area contributed by atoms with Crippen molar-refractivity contribution in [1.82, 2.24) is 5.32 Å². The lowest BCUT2D eigenvalue weighted by Crippen LogP contribution is -2.61. The molecule has 0 aromatic carbocycles. The highest BCUT2D eigenvalue weighted by atomic mass is 28.3. The third kappa shape index (κ3) is 7.32. The van der Waals surface area contributed by atoms with Gasteiger partial charge >= 0.3 is 5.97 Å². The number of hydrogen-bond acceptors (Lipinski definition) is 5. The molecule has 0 aromatic rings. The molecule has 1 aliphatic heterocycles. The lowest BCUT2D eigenvalue weighted by molar-refractivity contribution is -0.172. The number of rotatable bonds is 11. The van der Waals surface area contributed by atoms with Gasteiger partial charge in [-0.2, -0.15) is 0 Å². The van der Waals surface area contributed by atoms with Crippen molar-refractivity contribution in [3.05, 3.63) is 0 Å². The van der Waals surface area contributed by atoms with Gasteiger partial charge in [0.05, 0.1) is 5.92 Å². The highest BCUT2D eigenvalue weighted by Gasteiger charge is 2.44. The summed E-state index contributed by atoms with van der Waals surface area (Å²) in [7, 11) is -2.97. The van der Waals surface area contributed by atoms with E-state index in [4.69, 9.17) is 13.6 Å². The van der Waals surface area contributed by atoms with Gasteiger partial charge in [0.25, 0.3) is 0 Å². The first-order valence-electron chi connectivity index (χ1n) is 10.2. The monoisotopic (exact) mass is 417 g/mol. The van der Waals surface area contributed by atoms with Crippen LogP contribution in [0.4, 0.5) is 0 Å². The van der Waals surface area contributed by atoms with Gasteiger partial charge in [-0.1, -0.05) is 41.5 Å². The van der Waals surface area contributed by atoms with Crippen LogP contribution in [-0.2, 0) is 23.2 Å². The van der Waals surface area contributed by atoms with E-state index < -0.39 is 42.5 Å². The molecule has 0 bridgehead atoms. The van der Waals surface area contributed by atoms with Gasteiger partial charge in [-0.05, 0) is 36.0 Å². The SMILES string of the molecule is CC(=O)OC1NC(=O)C1CC(O[SiH](C)C(C)C(C)C)O[SiH](C)C(C)C(C)C. The summed E-state index contributed by atoms with van der Waals surface area (Å²) in [6.45, 7) is 19.0. The molecule has 1 aliphatic rings. The summed E-state index contributed by atoms with van der Waals surface area (Å²) >= 11 is 0. The van der Waals surface area contributed by atoms with Crippen LogP contribution >= 0.6 is 0 Å². The minimum absolute atomic E-state index is 0.101. The molecule has 0 saturated carbocycles. The zero-order chi connectivity index (χ0) is 20.9. The van der Waals surface area contributed by atoms with Gasteiger partial charge in [-0.15, -0.1) is 0 Å². The molecule has 1 heterocycles. The lowest BCUT2D eigenvalue weighted by atomic mass is 9.95. The van der Waals surface area contributed by atoms with Crippen molar-refractivity contribution in [2.75, 3.05) is 0 Å². The number of nitrogens with one attached hydrogen (secondary N) is 1. The van der Waals surface area contributed by atoms with E-state index >= 15 is 0 Å². The molecule has 158 valence electrons. The van der Waals surface area contributed by atoms with Crippen LogP contribution < -0.4 is 5.32 Å². The maximum Gasteiger partial charge on any atom is 0.304 e. The molecule has 0 spiro atoms. The van der Waals surface area contributed by atoms with Crippen molar-refractivity contribution in [2.24, 2.45) is 17.8 Å². The zero-order valence-corrected chi connectivity index (χ0v) is 20.8. The zero-order valence-electron chi connectivity index (χ0n) is 18.4. The Bertz CT molecular complexity index is 480. The Labute approximate surface area is 168 Å². The summed E-state index contributed by atoms with van der Waals surface area (Å²) < 4.78 is 18.0. The van der Waals surface area contributed by atoms with Crippen molar-refractivity contribution in [3.8, 4) is 0 Å². The second-order valence-corrected chi connectivity index (χ2v) is 14.2. The first-order valence-corrected chi connectivity index (χ1v) is 14.8. The van der Waals surface area contributed by atoms with Crippen LogP contribution in [0.3, 0.4) is 0 Å². The first-order chi connectivity index (χ1) is 12.4. The number of esters is 1. The minimum Gasteiger partial charge on any atom is -0.441 e. The fourth-order valence-corrected chi connectivity index (χ4v) is 7.17. The molecule has 0 aliphatic carbocycles. The summed E-state index contributed by atoms with van der Waals surface area (Å²) in [5.74, 6) is 0.214. The van der Waals surface area contributed by atoms with Crippen LogP contribution in [0.5, 0.6) is 0 Å². The third-order valence-corrected chi connectivity index (χ3v) is 12.0. The van der Waals surface area contributed by atoms with Crippen molar-refractivity contribution in [2.45, 2.75) is 91.6 Å². The van der Waals surface area contributed by atoms with E-state index in [2.05, 4.69) is 60.0 Å². The molecule has 1 rings (SSSR count). The number of β-lactam (4-membered cyclic amide) rings is 1. The highest BCUT2D eigenvalue weighted by Crippen LogP contribution is 2.29. The van der Waals surface area contributed by atoms with Crippen molar-refractivity contribution in [1.29, 1.82) is 0 Å². The van der Waals surface area contributed by atoms with Crippen molar-refractivity contribution in [3.63, 3.8) is 0 Å². The average Bonchev–Trinajstić information content (AvgIpc) is 2.56. The summed E-state index contributed by atoms with van der Waals surface area (Å²) in [4.78, 5) is 23.3. The van der Waals surface area contributed by atoms with Crippen LogP contribution in [0, 0.1) is 17.8 Å². The molecule has 1 fully saturated rings. The van der Waals surface area contributed by atoms with Crippen molar-refractivity contribution < 1.29 is 23.2 Å². The van der Waals surface area contributed by atoms with Crippen LogP contribution in [0.25, 0.3) is 0 Å². The number of amides is 1. The smallest absolute Gasteiger partial charge is 0.304 e. The molecule has 1 N–H and O–H groups in total. The van der Waals surface area contributed by atoms with Gasteiger partial charge in [0.1, 0.15) is 6.29 Å². The van der Waals surface area contributed by atoms with E-state index in [0.717, 1.165) is 0 Å². The van der Waals surface area contributed by atoms with Crippen LogP contribution in [-0.4, -0.2) is 42.5 Å². The maximum absolute atomic E-state index is 12.0.